The third kappa shape index (κ3) is 3.09. The molecule has 0 saturated carbocycles. The van der Waals surface area contributed by atoms with Gasteiger partial charge in [0.2, 0.25) is 0 Å². The van der Waals surface area contributed by atoms with Gasteiger partial charge in [-0.05, 0) is 23.6 Å². The van der Waals surface area contributed by atoms with Gasteiger partial charge < -0.3 is 20.1 Å². The van der Waals surface area contributed by atoms with Crippen LogP contribution >= 0.6 is 0 Å². The molecule has 1 amide bonds. The zero-order chi connectivity index (χ0) is 15.5. The molecule has 116 valence electrons. The van der Waals surface area contributed by atoms with E-state index in [4.69, 9.17) is 9.84 Å². The first-order valence-corrected chi connectivity index (χ1v) is 7.01. The topological polar surface area (TPSA) is 74.7 Å². The second kappa shape index (κ2) is 6.15. The summed E-state index contributed by atoms with van der Waals surface area (Å²) in [4.78, 5) is 16.9. The fourth-order valence-corrected chi connectivity index (χ4v) is 2.61. The molecule has 22 heavy (non-hydrogen) atoms. The Kier molecular flexibility index (Phi) is 4.06. The predicted octanol–water partition coefficient (Wildman–Crippen LogP) is 1.85. The Morgan fingerprint density at radius 3 is 3.18 bits per heavy atom. The van der Waals surface area contributed by atoms with E-state index in [9.17, 15) is 9.18 Å². The molecular formula is C15H16FN3O3. The van der Waals surface area contributed by atoms with Crippen LogP contribution in [0.4, 0.5) is 15.0 Å². The molecule has 1 aliphatic heterocycles. The summed E-state index contributed by atoms with van der Waals surface area (Å²) in [7, 11) is 0. The summed E-state index contributed by atoms with van der Waals surface area (Å²) in [6.45, 7) is 1.82. The highest BCUT2D eigenvalue weighted by molar-refractivity contribution is 5.92. The van der Waals surface area contributed by atoms with Crippen LogP contribution in [-0.2, 0) is 4.74 Å². The van der Waals surface area contributed by atoms with Crippen molar-refractivity contribution in [2.45, 2.75) is 6.10 Å². The van der Waals surface area contributed by atoms with Crippen molar-refractivity contribution in [2.24, 2.45) is 0 Å². The molecule has 2 heterocycles. The lowest BCUT2D eigenvalue weighted by Gasteiger charge is -2.34. The molecule has 1 fully saturated rings. The smallest absolute Gasteiger partial charge is 0.404 e. The lowest BCUT2D eigenvalue weighted by atomic mass is 10.1. The maximum Gasteiger partial charge on any atom is 0.404 e. The Morgan fingerprint density at radius 2 is 2.36 bits per heavy atom. The first-order chi connectivity index (χ1) is 10.6. The Bertz CT molecular complexity index is 695. The summed E-state index contributed by atoms with van der Waals surface area (Å²) < 4.78 is 19.1. The van der Waals surface area contributed by atoms with Gasteiger partial charge in [0, 0.05) is 31.2 Å². The molecule has 1 saturated heterocycles. The van der Waals surface area contributed by atoms with Crippen LogP contribution in [0.1, 0.15) is 0 Å². The fraction of sp³-hybridized carbons (Fsp3) is 0.333. The molecular weight excluding hydrogens is 289 g/mol. The van der Waals surface area contributed by atoms with Crippen molar-refractivity contribution in [3.8, 4) is 0 Å². The van der Waals surface area contributed by atoms with Crippen molar-refractivity contribution in [1.82, 2.24) is 10.3 Å². The second-order valence-electron chi connectivity index (χ2n) is 5.12. The molecule has 1 aromatic heterocycles. The van der Waals surface area contributed by atoms with Crippen LogP contribution in [0.5, 0.6) is 0 Å². The molecule has 7 heteroatoms. The number of morpholine rings is 1. The van der Waals surface area contributed by atoms with E-state index in [1.807, 2.05) is 11.0 Å². The number of benzene rings is 1. The van der Waals surface area contributed by atoms with E-state index in [-0.39, 0.29) is 18.5 Å². The molecule has 3 rings (SSSR count). The number of fused-ring (bicyclic) bond motifs is 1. The molecule has 2 N–H and O–H groups in total. The van der Waals surface area contributed by atoms with Gasteiger partial charge in [-0.2, -0.15) is 0 Å². The minimum atomic E-state index is -1.08. The van der Waals surface area contributed by atoms with E-state index in [1.54, 1.807) is 12.3 Å². The normalized spacial score (nSPS) is 18.4. The third-order valence-electron chi connectivity index (χ3n) is 3.63. The third-order valence-corrected chi connectivity index (χ3v) is 3.63. The van der Waals surface area contributed by atoms with Gasteiger partial charge in [-0.3, -0.25) is 0 Å². The number of carboxylic acid groups (broad SMARTS) is 1. The van der Waals surface area contributed by atoms with Gasteiger partial charge in [-0.25, -0.2) is 14.2 Å². The van der Waals surface area contributed by atoms with E-state index in [0.29, 0.717) is 25.5 Å². The van der Waals surface area contributed by atoms with Crippen molar-refractivity contribution in [2.75, 3.05) is 31.1 Å². The summed E-state index contributed by atoms with van der Waals surface area (Å²) in [6, 6.07) is 6.45. The Morgan fingerprint density at radius 1 is 1.50 bits per heavy atom. The molecule has 0 bridgehead atoms. The Labute approximate surface area is 126 Å². The summed E-state index contributed by atoms with van der Waals surface area (Å²) in [5.41, 5.74) is 0. The molecule has 1 aromatic carbocycles. The molecule has 1 unspecified atom stereocenters. The van der Waals surface area contributed by atoms with Crippen LogP contribution in [-0.4, -0.2) is 48.5 Å². The first-order valence-electron chi connectivity index (χ1n) is 7.01. The van der Waals surface area contributed by atoms with E-state index >= 15 is 0 Å². The molecule has 1 aliphatic rings. The Balaban J connectivity index is 1.84. The van der Waals surface area contributed by atoms with Crippen LogP contribution in [0.2, 0.25) is 0 Å². The second-order valence-corrected chi connectivity index (χ2v) is 5.12. The van der Waals surface area contributed by atoms with Crippen LogP contribution in [0.3, 0.4) is 0 Å². The number of anilines is 1. The molecule has 0 radical (unpaired) electrons. The van der Waals surface area contributed by atoms with E-state index in [2.05, 4.69) is 10.3 Å². The zero-order valence-electron chi connectivity index (χ0n) is 11.8. The monoisotopic (exact) mass is 305 g/mol. The molecule has 6 nitrogen and oxygen atoms in total. The number of nitrogens with one attached hydrogen (secondary N) is 1. The van der Waals surface area contributed by atoms with Crippen molar-refractivity contribution in [3.63, 3.8) is 0 Å². The lowest BCUT2D eigenvalue weighted by molar-refractivity contribution is 0.0409. The van der Waals surface area contributed by atoms with E-state index in [1.165, 1.54) is 12.1 Å². The summed E-state index contributed by atoms with van der Waals surface area (Å²) in [6.07, 6.45) is 0.358. The number of carbonyl (C=O) groups is 1. The van der Waals surface area contributed by atoms with Gasteiger partial charge in [0.15, 0.2) is 0 Å². The number of ether oxygens (including phenoxy) is 1. The summed E-state index contributed by atoms with van der Waals surface area (Å²) >= 11 is 0. The lowest BCUT2D eigenvalue weighted by Crippen LogP contribution is -2.47. The minimum absolute atomic E-state index is 0.213. The highest BCUT2D eigenvalue weighted by Crippen LogP contribution is 2.26. The maximum absolute atomic E-state index is 13.5. The van der Waals surface area contributed by atoms with Gasteiger partial charge in [0.05, 0.1) is 12.7 Å². The number of amides is 1. The summed E-state index contributed by atoms with van der Waals surface area (Å²) in [5, 5.41) is 12.6. The van der Waals surface area contributed by atoms with Crippen LogP contribution in [0, 0.1) is 5.82 Å². The molecule has 0 spiro atoms. The number of halogens is 1. The summed E-state index contributed by atoms with van der Waals surface area (Å²) in [5.74, 6) is 0.389. The number of pyridine rings is 1. The van der Waals surface area contributed by atoms with Crippen molar-refractivity contribution < 1.29 is 19.0 Å². The average molecular weight is 305 g/mol. The minimum Gasteiger partial charge on any atom is -0.465 e. The predicted molar refractivity (Wildman–Crippen MR) is 79.7 cm³/mol. The average Bonchev–Trinajstić information content (AvgIpc) is 2.52. The SMILES string of the molecule is O=C(O)NCC1CN(c2nccc3ccc(F)cc23)CCO1. The Hall–Kier alpha value is -2.41. The number of nitrogens with zero attached hydrogens (tertiary/aromatic N) is 2. The van der Waals surface area contributed by atoms with Crippen LogP contribution in [0.25, 0.3) is 10.8 Å². The van der Waals surface area contributed by atoms with Crippen molar-refractivity contribution in [1.29, 1.82) is 0 Å². The van der Waals surface area contributed by atoms with Crippen LogP contribution < -0.4 is 10.2 Å². The van der Waals surface area contributed by atoms with Crippen molar-refractivity contribution in [3.05, 3.63) is 36.3 Å². The zero-order valence-corrected chi connectivity index (χ0v) is 11.8. The molecule has 1 atom stereocenters. The van der Waals surface area contributed by atoms with Gasteiger partial charge >= 0.3 is 6.09 Å². The van der Waals surface area contributed by atoms with Gasteiger partial charge in [-0.1, -0.05) is 6.07 Å². The number of aromatic nitrogens is 1. The highest BCUT2D eigenvalue weighted by Gasteiger charge is 2.23. The fourth-order valence-electron chi connectivity index (χ4n) is 2.61. The van der Waals surface area contributed by atoms with Gasteiger partial charge in [0.25, 0.3) is 0 Å². The maximum atomic E-state index is 13.5. The number of rotatable bonds is 3. The van der Waals surface area contributed by atoms with Gasteiger partial charge in [0.1, 0.15) is 11.6 Å². The largest absolute Gasteiger partial charge is 0.465 e. The van der Waals surface area contributed by atoms with Crippen molar-refractivity contribution >= 4 is 22.7 Å². The first kappa shape index (κ1) is 14.5. The molecule has 2 aromatic rings. The number of hydrogen-bond donors (Lipinski definition) is 2. The molecule has 0 aliphatic carbocycles. The van der Waals surface area contributed by atoms with E-state index < -0.39 is 6.09 Å². The standard InChI is InChI=1S/C15H16FN3O3/c16-11-2-1-10-3-4-17-14(13(10)7-11)19-5-6-22-12(9-19)8-18-15(20)21/h1-4,7,12,18H,5-6,8-9H2,(H,20,21). The highest BCUT2D eigenvalue weighted by atomic mass is 19.1. The van der Waals surface area contributed by atoms with Crippen LogP contribution in [0.15, 0.2) is 30.5 Å². The number of hydrogen-bond acceptors (Lipinski definition) is 4. The van der Waals surface area contributed by atoms with E-state index in [0.717, 1.165) is 10.8 Å². The quantitative estimate of drug-likeness (QED) is 0.905. The van der Waals surface area contributed by atoms with Gasteiger partial charge in [-0.15, -0.1) is 0 Å².